The Morgan fingerprint density at radius 1 is 1.62 bits per heavy atom. The Hall–Kier alpha value is 2.77. The van der Waals surface area contributed by atoms with Gasteiger partial charge in [-0.15, -0.1) is 0 Å². The van der Waals surface area contributed by atoms with Crippen molar-refractivity contribution in [2.75, 3.05) is 0 Å². The normalized spacial score (nSPS) is 13.4. The molecule has 0 spiro atoms. The van der Waals surface area contributed by atoms with Crippen LogP contribution in [0.5, 0.6) is 0 Å². The van der Waals surface area contributed by atoms with Gasteiger partial charge in [-0.2, -0.15) is 4.20 Å². The summed E-state index contributed by atoms with van der Waals surface area (Å²) in [6, 6.07) is 0. The summed E-state index contributed by atoms with van der Waals surface area (Å²) in [7, 11) is -5.39. The third-order valence-corrected chi connectivity index (χ3v) is 0. The summed E-state index contributed by atoms with van der Waals surface area (Å²) in [6.45, 7) is 0. The van der Waals surface area contributed by atoms with E-state index in [1.54, 1.807) is 0 Å². The van der Waals surface area contributed by atoms with E-state index in [0.717, 1.165) is 0 Å². The first-order valence-electron chi connectivity index (χ1n) is 0.734. The second kappa shape index (κ2) is 9.77. The molecule has 0 aromatic heterocycles. The molecule has 8 heavy (non-hydrogen) atoms. The zero-order chi connectivity index (χ0) is 4.50. The summed E-state index contributed by atoms with van der Waals surface area (Å²) in [5, 5.41) is 0. The average Bonchev–Trinajstić information content (AvgIpc) is 0.722. The Kier molecular flexibility index (Phi) is 27.4. The van der Waals surface area contributed by atoms with Gasteiger partial charge in [-0.3, -0.25) is 4.57 Å². The predicted octanol–water partition coefficient (Wildman–Crippen LogP) is -4.77. The van der Waals surface area contributed by atoms with Gasteiger partial charge in [-0.25, -0.2) is 0 Å². The molecule has 0 aliphatic heterocycles. The topological polar surface area (TPSA) is 60.4 Å². The zero-order valence-electron chi connectivity index (χ0n) is 3.44. The Balaban J connectivity index is -0.0000000267. The van der Waals surface area contributed by atoms with Crippen molar-refractivity contribution >= 4 is 25.3 Å². The molecule has 1 N–H and O–H groups in total. The first-order valence-corrected chi connectivity index (χ1v) is 2.20. The van der Waals surface area contributed by atoms with Crippen LogP contribution in [0.1, 0.15) is 0 Å². The maximum Gasteiger partial charge on any atom is 1.00 e. The van der Waals surface area contributed by atoms with Gasteiger partial charge in [0.1, 0.15) is 0 Å². The molecule has 0 heterocycles. The molecule has 1 unspecified atom stereocenters. The summed E-state index contributed by atoms with van der Waals surface area (Å²) in [5.74, 6) is 0. The average molecular weight is 224 g/mol. The number of hydrogen-bond acceptors (Lipinski definition) is 2. The van der Waals surface area contributed by atoms with E-state index in [1.165, 1.54) is 0 Å². The van der Waals surface area contributed by atoms with Crippen molar-refractivity contribution in [3.8, 4) is 0 Å². The van der Waals surface area contributed by atoms with Crippen LogP contribution >= 0.6 is 7.91 Å². The van der Waals surface area contributed by atoms with Crippen LogP contribution in [0.2, 0.25) is 0 Å². The molecule has 0 saturated carbocycles. The van der Waals surface area contributed by atoms with Crippen LogP contribution in [0, 0.1) is 0 Å². The smallest absolute Gasteiger partial charge is 0.753 e. The van der Waals surface area contributed by atoms with Crippen molar-refractivity contribution in [1.29, 1.82) is 0 Å². The van der Waals surface area contributed by atoms with Crippen molar-refractivity contribution < 1.29 is 87.0 Å². The van der Waals surface area contributed by atoms with E-state index < -0.39 is 7.91 Å². The third kappa shape index (κ3) is 69.0. The van der Waals surface area contributed by atoms with Gasteiger partial charge in [-0.1, -0.05) is 0 Å². The van der Waals surface area contributed by atoms with E-state index in [-0.39, 0.29) is 85.8 Å². The molecule has 0 rings (SSSR count). The van der Waals surface area contributed by atoms with Gasteiger partial charge >= 0.3 is 59.3 Å². The maximum absolute atomic E-state index is 10.2. The van der Waals surface area contributed by atoms with Crippen molar-refractivity contribution in [2.45, 2.75) is 0 Å². The van der Waals surface area contributed by atoms with Crippen LogP contribution in [0.25, 0.3) is 0 Å². The van der Waals surface area contributed by atoms with Crippen LogP contribution in [-0.4, -0.2) is 22.3 Å². The Bertz CT molecular complexity index is 65.4. The summed E-state index contributed by atoms with van der Waals surface area (Å²) < 4.78 is 18.8. The minimum Gasteiger partial charge on any atom is -0.753 e. The Morgan fingerprint density at radius 3 is 1.62 bits per heavy atom. The van der Waals surface area contributed by atoms with Crippen LogP contribution in [0.3, 0.4) is 0 Å². The van der Waals surface area contributed by atoms with Gasteiger partial charge in [-0.05, 0) is 0 Å². The van der Waals surface area contributed by atoms with Crippen molar-refractivity contribution in [3.05, 3.63) is 0 Å². The SMILES string of the molecule is O=P([O-])(O)F.[AlH3].[Fe].[K+]. The fraction of sp³-hybridized carbons (Fsp3) is 0. The van der Waals surface area contributed by atoms with Gasteiger partial charge in [0.25, 0.3) is 0 Å². The molecule has 3 nitrogen and oxygen atoms in total. The number of halogens is 1. The molecule has 1 atom stereocenters. The van der Waals surface area contributed by atoms with Crippen molar-refractivity contribution in [3.63, 3.8) is 0 Å². The summed E-state index contributed by atoms with van der Waals surface area (Å²) in [6.07, 6.45) is 0. The van der Waals surface area contributed by atoms with Gasteiger partial charge in [0, 0.05) is 17.1 Å². The molecule has 0 aromatic rings. The molecular weight excluding hydrogens is 220 g/mol. The largest absolute Gasteiger partial charge is 1.00 e. The summed E-state index contributed by atoms with van der Waals surface area (Å²) in [4.78, 5) is 15.4. The van der Waals surface area contributed by atoms with Crippen molar-refractivity contribution in [1.82, 2.24) is 0 Å². The molecule has 8 heteroatoms. The second-order valence-electron chi connectivity index (χ2n) is 0.451. The third-order valence-electron chi connectivity index (χ3n) is 0. The first kappa shape index (κ1) is 22.4. The van der Waals surface area contributed by atoms with E-state index in [4.69, 9.17) is 14.4 Å². The minimum absolute atomic E-state index is 0. The van der Waals surface area contributed by atoms with E-state index in [1.807, 2.05) is 0 Å². The molecule has 0 aromatic carbocycles. The monoisotopic (exact) mass is 224 g/mol. The first-order chi connectivity index (χ1) is 2.00. The number of hydrogen-bond donors (Lipinski definition) is 1. The zero-order valence-corrected chi connectivity index (χ0v) is 8.56. The van der Waals surface area contributed by atoms with Gasteiger partial charge < -0.3 is 9.79 Å². The van der Waals surface area contributed by atoms with Gasteiger partial charge in [0.2, 0.25) is 0 Å². The van der Waals surface area contributed by atoms with E-state index in [9.17, 15) is 4.20 Å². The Morgan fingerprint density at radius 2 is 1.62 bits per heavy atom. The quantitative estimate of drug-likeness (QED) is 0.332. The van der Waals surface area contributed by atoms with Gasteiger partial charge in [0.15, 0.2) is 17.4 Å². The van der Waals surface area contributed by atoms with Crippen LogP contribution in [0.4, 0.5) is 4.20 Å². The van der Waals surface area contributed by atoms with E-state index >= 15 is 0 Å². The van der Waals surface area contributed by atoms with Crippen LogP contribution in [0.15, 0.2) is 0 Å². The summed E-state index contributed by atoms with van der Waals surface area (Å²) >= 11 is 0. The fourth-order valence-electron chi connectivity index (χ4n) is 0. The molecular formula is H4AlFFeKO3P. The van der Waals surface area contributed by atoms with Crippen LogP contribution in [-0.2, 0) is 21.6 Å². The predicted molar refractivity (Wildman–Crippen MR) is 20.9 cm³/mol. The molecule has 0 bridgehead atoms. The molecule has 0 amide bonds. The molecule has 46 valence electrons. The standard InChI is InChI=1S/Al.FH2O3P.Fe.K.3H/c;1-5(2,3)4;;;;;/h;(H2,2,3,4);;;;;/q;;;+1;;;/p-1. The van der Waals surface area contributed by atoms with Crippen LogP contribution < -0.4 is 56.3 Å². The molecule has 0 radical (unpaired) electrons. The van der Waals surface area contributed by atoms with Crippen molar-refractivity contribution in [2.24, 2.45) is 0 Å². The Labute approximate surface area is 110 Å². The van der Waals surface area contributed by atoms with Gasteiger partial charge in [0.05, 0.1) is 0 Å². The second-order valence-corrected chi connectivity index (χ2v) is 1.35. The molecule has 0 aliphatic rings. The fourth-order valence-corrected chi connectivity index (χ4v) is 0. The number of rotatable bonds is 0. The summed E-state index contributed by atoms with van der Waals surface area (Å²) in [5.41, 5.74) is 0. The molecule has 0 fully saturated rings. The minimum atomic E-state index is -5.39. The van der Waals surface area contributed by atoms with E-state index in [2.05, 4.69) is 0 Å². The molecule has 0 saturated heterocycles. The van der Waals surface area contributed by atoms with E-state index in [0.29, 0.717) is 0 Å². The molecule has 0 aliphatic carbocycles. The maximum atomic E-state index is 10.2.